The molecule has 0 spiro atoms. The fourth-order valence-corrected chi connectivity index (χ4v) is 1.13. The summed E-state index contributed by atoms with van der Waals surface area (Å²) in [6, 6.07) is 0. The first kappa shape index (κ1) is 9.49. The summed E-state index contributed by atoms with van der Waals surface area (Å²) >= 11 is 0. The standard InChI is InChI=1S/C9H11N3O/c1-6(13-3)9-7(10)4-12-5-8(9)11-2/h4-6H,10H2,1,3H3. The van der Waals surface area contributed by atoms with Crippen LogP contribution in [0.1, 0.15) is 18.6 Å². The Hall–Kier alpha value is -1.60. The summed E-state index contributed by atoms with van der Waals surface area (Å²) in [5.74, 6) is 0. The van der Waals surface area contributed by atoms with E-state index in [1.54, 1.807) is 7.11 Å². The molecule has 0 saturated heterocycles. The molecule has 1 heterocycles. The number of nitrogens with two attached hydrogens (primary N) is 1. The summed E-state index contributed by atoms with van der Waals surface area (Å²) in [5.41, 5.74) is 7.36. The summed E-state index contributed by atoms with van der Waals surface area (Å²) < 4.78 is 5.11. The fraction of sp³-hybridized carbons (Fsp3) is 0.333. The molecule has 68 valence electrons. The second-order valence-electron chi connectivity index (χ2n) is 2.65. The van der Waals surface area contributed by atoms with E-state index in [1.165, 1.54) is 12.4 Å². The van der Waals surface area contributed by atoms with Crippen molar-refractivity contribution in [2.45, 2.75) is 13.0 Å². The van der Waals surface area contributed by atoms with Crippen LogP contribution < -0.4 is 5.73 Å². The maximum atomic E-state index is 6.92. The Bertz CT molecular complexity index is 343. The van der Waals surface area contributed by atoms with Gasteiger partial charge in [-0.25, -0.2) is 4.85 Å². The van der Waals surface area contributed by atoms with Gasteiger partial charge in [0.1, 0.15) is 0 Å². The van der Waals surface area contributed by atoms with Crippen LogP contribution in [0.5, 0.6) is 0 Å². The molecule has 1 aromatic heterocycles. The Morgan fingerprint density at radius 2 is 2.31 bits per heavy atom. The first-order chi connectivity index (χ1) is 6.20. The van der Waals surface area contributed by atoms with Gasteiger partial charge in [-0.15, -0.1) is 0 Å². The highest BCUT2D eigenvalue weighted by Crippen LogP contribution is 2.31. The van der Waals surface area contributed by atoms with Gasteiger partial charge in [-0.05, 0) is 6.92 Å². The van der Waals surface area contributed by atoms with E-state index < -0.39 is 0 Å². The molecular weight excluding hydrogens is 166 g/mol. The molecule has 1 atom stereocenters. The van der Waals surface area contributed by atoms with Crippen LogP contribution in [0, 0.1) is 6.57 Å². The zero-order valence-corrected chi connectivity index (χ0v) is 7.61. The highest BCUT2D eigenvalue weighted by molar-refractivity contribution is 5.63. The number of nitrogen functional groups attached to an aromatic ring is 1. The number of hydrogen-bond acceptors (Lipinski definition) is 3. The number of anilines is 1. The topological polar surface area (TPSA) is 52.5 Å². The fourth-order valence-electron chi connectivity index (χ4n) is 1.13. The van der Waals surface area contributed by atoms with Crippen molar-refractivity contribution < 1.29 is 4.74 Å². The molecule has 4 nitrogen and oxygen atoms in total. The molecule has 0 aromatic carbocycles. The molecule has 13 heavy (non-hydrogen) atoms. The van der Waals surface area contributed by atoms with Gasteiger partial charge in [-0.1, -0.05) is 0 Å². The quantitative estimate of drug-likeness (QED) is 0.702. The molecule has 0 fully saturated rings. The number of nitrogens with zero attached hydrogens (tertiary/aromatic N) is 2. The highest BCUT2D eigenvalue weighted by Gasteiger charge is 2.13. The molecule has 0 aliphatic carbocycles. The van der Waals surface area contributed by atoms with Crippen molar-refractivity contribution in [3.63, 3.8) is 0 Å². The van der Waals surface area contributed by atoms with Gasteiger partial charge >= 0.3 is 0 Å². The maximum absolute atomic E-state index is 6.92. The Balaban J connectivity index is 3.24. The molecular formula is C9H11N3O. The van der Waals surface area contributed by atoms with Gasteiger partial charge < -0.3 is 10.5 Å². The summed E-state index contributed by atoms with van der Waals surface area (Å²) in [6.45, 7) is 8.77. The van der Waals surface area contributed by atoms with Gasteiger partial charge in [0.05, 0.1) is 12.7 Å². The SMILES string of the molecule is [C-]#[N+]c1cncc(N)c1C(C)OC. The largest absolute Gasteiger partial charge is 0.398 e. The van der Waals surface area contributed by atoms with Crippen molar-refractivity contribution in [2.24, 2.45) is 0 Å². The van der Waals surface area contributed by atoms with Crippen LogP contribution >= 0.6 is 0 Å². The predicted molar refractivity (Wildman–Crippen MR) is 50.3 cm³/mol. The van der Waals surface area contributed by atoms with Crippen molar-refractivity contribution in [1.29, 1.82) is 0 Å². The molecule has 1 aromatic rings. The Morgan fingerprint density at radius 1 is 1.62 bits per heavy atom. The summed E-state index contributed by atoms with van der Waals surface area (Å²) in [6.07, 6.45) is 2.85. The lowest BCUT2D eigenvalue weighted by Gasteiger charge is -2.13. The van der Waals surface area contributed by atoms with Crippen LogP contribution in [0.2, 0.25) is 0 Å². The van der Waals surface area contributed by atoms with Crippen LogP contribution in [-0.4, -0.2) is 12.1 Å². The monoisotopic (exact) mass is 177 g/mol. The first-order valence-electron chi connectivity index (χ1n) is 3.84. The van der Waals surface area contributed by atoms with Crippen molar-refractivity contribution in [3.8, 4) is 0 Å². The third-order valence-corrected chi connectivity index (χ3v) is 1.88. The molecule has 4 heteroatoms. The minimum atomic E-state index is -0.174. The van der Waals surface area contributed by atoms with Crippen LogP contribution in [0.3, 0.4) is 0 Å². The zero-order valence-electron chi connectivity index (χ0n) is 7.61. The average Bonchev–Trinajstić information content (AvgIpc) is 2.16. The lowest BCUT2D eigenvalue weighted by atomic mass is 10.1. The lowest BCUT2D eigenvalue weighted by molar-refractivity contribution is 0.120. The van der Waals surface area contributed by atoms with E-state index in [2.05, 4.69) is 9.83 Å². The number of ether oxygens (including phenoxy) is 1. The average molecular weight is 177 g/mol. The van der Waals surface area contributed by atoms with E-state index >= 15 is 0 Å². The van der Waals surface area contributed by atoms with E-state index in [9.17, 15) is 0 Å². The van der Waals surface area contributed by atoms with Crippen molar-refractivity contribution in [2.75, 3.05) is 12.8 Å². The molecule has 0 aliphatic heterocycles. The first-order valence-corrected chi connectivity index (χ1v) is 3.84. The Kier molecular flexibility index (Phi) is 2.83. The van der Waals surface area contributed by atoms with E-state index in [0.717, 1.165) is 0 Å². The minimum Gasteiger partial charge on any atom is -0.398 e. The van der Waals surface area contributed by atoms with Crippen molar-refractivity contribution in [3.05, 3.63) is 29.4 Å². The smallest absolute Gasteiger partial charge is 0.212 e. The van der Waals surface area contributed by atoms with Crippen LogP contribution in [0.4, 0.5) is 11.4 Å². The molecule has 0 amide bonds. The van der Waals surface area contributed by atoms with E-state index in [4.69, 9.17) is 17.0 Å². The van der Waals surface area contributed by atoms with Gasteiger partial charge in [-0.2, -0.15) is 0 Å². The second-order valence-corrected chi connectivity index (χ2v) is 2.65. The van der Waals surface area contributed by atoms with E-state index in [-0.39, 0.29) is 6.10 Å². The number of rotatable bonds is 2. The normalized spacial score (nSPS) is 12.1. The molecule has 1 rings (SSSR count). The maximum Gasteiger partial charge on any atom is 0.212 e. The van der Waals surface area contributed by atoms with E-state index in [0.29, 0.717) is 16.9 Å². The third-order valence-electron chi connectivity index (χ3n) is 1.88. The number of methoxy groups -OCH3 is 1. The zero-order chi connectivity index (χ0) is 9.84. The molecule has 0 aliphatic rings. The lowest BCUT2D eigenvalue weighted by Crippen LogP contribution is -2.01. The van der Waals surface area contributed by atoms with Crippen molar-refractivity contribution in [1.82, 2.24) is 4.98 Å². The molecule has 0 bridgehead atoms. The van der Waals surface area contributed by atoms with Crippen LogP contribution in [-0.2, 0) is 4.74 Å². The van der Waals surface area contributed by atoms with Gasteiger partial charge in [-0.3, -0.25) is 4.98 Å². The van der Waals surface area contributed by atoms with Gasteiger partial charge in [0.25, 0.3) is 0 Å². The number of hydrogen-bond donors (Lipinski definition) is 1. The number of pyridine rings is 1. The Labute approximate surface area is 77.2 Å². The van der Waals surface area contributed by atoms with E-state index in [1.807, 2.05) is 6.92 Å². The number of aromatic nitrogens is 1. The van der Waals surface area contributed by atoms with Gasteiger partial charge in [0.15, 0.2) is 0 Å². The molecule has 0 radical (unpaired) electrons. The van der Waals surface area contributed by atoms with Crippen LogP contribution in [0.25, 0.3) is 4.85 Å². The highest BCUT2D eigenvalue weighted by atomic mass is 16.5. The van der Waals surface area contributed by atoms with Crippen molar-refractivity contribution >= 4 is 11.4 Å². The van der Waals surface area contributed by atoms with Crippen LogP contribution in [0.15, 0.2) is 12.4 Å². The molecule has 1 unspecified atom stereocenters. The summed E-state index contributed by atoms with van der Waals surface area (Å²) in [5, 5.41) is 0. The second kappa shape index (κ2) is 3.87. The molecule has 0 saturated carbocycles. The minimum absolute atomic E-state index is 0.174. The third kappa shape index (κ3) is 1.76. The summed E-state index contributed by atoms with van der Waals surface area (Å²) in [7, 11) is 1.58. The predicted octanol–water partition coefficient (Wildman–Crippen LogP) is 1.92. The van der Waals surface area contributed by atoms with Gasteiger partial charge in [0.2, 0.25) is 5.69 Å². The Morgan fingerprint density at radius 3 is 2.85 bits per heavy atom. The van der Waals surface area contributed by atoms with Gasteiger partial charge in [0, 0.05) is 30.8 Å². The molecule has 2 N–H and O–H groups in total. The summed E-state index contributed by atoms with van der Waals surface area (Å²) in [4.78, 5) is 7.17.